The number of carbonyl (C=O) groups is 2. The molecule has 10 heteroatoms. The van der Waals surface area contributed by atoms with Crippen LogP contribution in [0.2, 0.25) is 0 Å². The van der Waals surface area contributed by atoms with Crippen LogP contribution in [0.4, 0.5) is 0 Å². The van der Waals surface area contributed by atoms with Crippen LogP contribution >= 0.6 is 0 Å². The number of amides is 2. The number of benzene rings is 2. The van der Waals surface area contributed by atoms with Crippen molar-refractivity contribution in [3.05, 3.63) is 89.8 Å². The number of nitrogens with one attached hydrogen (secondary N) is 2. The molecule has 2 aliphatic heterocycles. The number of hydrogen-bond acceptors (Lipinski definition) is 6. The quantitative estimate of drug-likeness (QED) is 0.318. The molecule has 0 aliphatic carbocycles. The molecule has 2 fully saturated rings. The van der Waals surface area contributed by atoms with E-state index in [1.54, 1.807) is 43.8 Å². The van der Waals surface area contributed by atoms with Gasteiger partial charge in [-0.1, -0.05) is 30.3 Å². The first kappa shape index (κ1) is 27.7. The number of hydrogen-bond donors (Lipinski definition) is 2. The highest BCUT2D eigenvalue weighted by Gasteiger charge is 2.37. The standard InChI is InChI=1S/C32H37N7O3/c1-37(2)28(21-9-5-4-6-10-21)32(41)39-18-8-12-27(39)30-34-20-25(36-30)24-19-33-29(35-24)26-11-7-17-38(26)31(40)22-13-15-23(42-3)16-14-22/h4-6,9-10,13-16,19-20,26-28H,7-8,11-12,17-18H2,1-3H3,(H,33,35)(H,34,36)/t26-,27-,28+/m0/s1. The Hall–Kier alpha value is -4.44. The first-order valence-corrected chi connectivity index (χ1v) is 14.5. The Morgan fingerprint density at radius 1 is 0.857 bits per heavy atom. The first-order chi connectivity index (χ1) is 20.4. The Kier molecular flexibility index (Phi) is 7.80. The normalized spacial score (nSPS) is 19.4. The zero-order valence-electron chi connectivity index (χ0n) is 24.3. The summed E-state index contributed by atoms with van der Waals surface area (Å²) in [5.41, 5.74) is 3.22. The fraction of sp³-hybridized carbons (Fsp3) is 0.375. The number of aromatic amines is 2. The van der Waals surface area contributed by atoms with Crippen LogP contribution < -0.4 is 4.74 Å². The second-order valence-electron chi connectivity index (χ2n) is 11.2. The van der Waals surface area contributed by atoms with Crippen LogP contribution in [0.1, 0.15) is 71.4 Å². The predicted molar refractivity (Wildman–Crippen MR) is 159 cm³/mol. The van der Waals surface area contributed by atoms with Gasteiger partial charge in [-0.05, 0) is 69.6 Å². The highest BCUT2D eigenvalue weighted by molar-refractivity contribution is 5.94. The minimum absolute atomic E-state index is 0.0144. The highest BCUT2D eigenvalue weighted by Crippen LogP contribution is 2.36. The van der Waals surface area contributed by atoms with E-state index in [0.29, 0.717) is 18.7 Å². The van der Waals surface area contributed by atoms with Crippen molar-refractivity contribution in [2.45, 2.75) is 43.8 Å². The summed E-state index contributed by atoms with van der Waals surface area (Å²) < 4.78 is 5.23. The number of ether oxygens (including phenoxy) is 1. The molecule has 218 valence electrons. The number of rotatable bonds is 8. The number of methoxy groups -OCH3 is 1. The molecule has 0 unspecified atom stereocenters. The molecule has 2 aliphatic rings. The Morgan fingerprint density at radius 3 is 2.00 bits per heavy atom. The van der Waals surface area contributed by atoms with E-state index in [1.807, 2.05) is 59.1 Å². The van der Waals surface area contributed by atoms with Gasteiger partial charge in [-0.3, -0.25) is 14.5 Å². The maximum absolute atomic E-state index is 13.8. The summed E-state index contributed by atoms with van der Waals surface area (Å²) in [4.78, 5) is 49.2. The van der Waals surface area contributed by atoms with Crippen LogP contribution in [0.25, 0.3) is 11.4 Å². The summed E-state index contributed by atoms with van der Waals surface area (Å²) in [6, 6.07) is 16.5. The fourth-order valence-electron chi connectivity index (χ4n) is 6.25. The minimum Gasteiger partial charge on any atom is -0.497 e. The van der Waals surface area contributed by atoms with Crippen molar-refractivity contribution in [2.75, 3.05) is 34.3 Å². The number of nitrogens with zero attached hydrogens (tertiary/aromatic N) is 5. The van der Waals surface area contributed by atoms with Crippen LogP contribution in [0.5, 0.6) is 5.75 Å². The van der Waals surface area contributed by atoms with E-state index in [2.05, 4.69) is 15.0 Å². The third kappa shape index (κ3) is 5.30. The summed E-state index contributed by atoms with van der Waals surface area (Å²) in [6.45, 7) is 1.38. The topological polar surface area (TPSA) is 110 Å². The molecule has 4 heterocycles. The summed E-state index contributed by atoms with van der Waals surface area (Å²) in [5, 5.41) is 0. The Bertz CT molecular complexity index is 1530. The fourth-order valence-corrected chi connectivity index (χ4v) is 6.25. The summed E-state index contributed by atoms with van der Waals surface area (Å²) in [6.07, 6.45) is 7.12. The molecule has 2 saturated heterocycles. The van der Waals surface area contributed by atoms with E-state index in [1.165, 1.54) is 0 Å². The van der Waals surface area contributed by atoms with E-state index >= 15 is 0 Å². The lowest BCUT2D eigenvalue weighted by atomic mass is 10.0. The molecule has 4 aromatic rings. The third-order valence-corrected chi connectivity index (χ3v) is 8.36. The van der Waals surface area contributed by atoms with Gasteiger partial charge in [-0.15, -0.1) is 0 Å². The van der Waals surface area contributed by atoms with Gasteiger partial charge in [0.2, 0.25) is 5.91 Å². The van der Waals surface area contributed by atoms with Crippen molar-refractivity contribution in [1.29, 1.82) is 0 Å². The Balaban J connectivity index is 1.18. The van der Waals surface area contributed by atoms with Crippen molar-refractivity contribution in [3.63, 3.8) is 0 Å². The lowest BCUT2D eigenvalue weighted by Crippen LogP contribution is -2.40. The zero-order valence-corrected chi connectivity index (χ0v) is 24.3. The van der Waals surface area contributed by atoms with Crippen LogP contribution in [-0.2, 0) is 4.79 Å². The van der Waals surface area contributed by atoms with E-state index in [-0.39, 0.29) is 29.9 Å². The van der Waals surface area contributed by atoms with Crippen LogP contribution in [0.15, 0.2) is 67.0 Å². The smallest absolute Gasteiger partial charge is 0.254 e. The maximum Gasteiger partial charge on any atom is 0.254 e. The molecule has 2 aromatic heterocycles. The summed E-state index contributed by atoms with van der Waals surface area (Å²) in [7, 11) is 5.50. The summed E-state index contributed by atoms with van der Waals surface area (Å²) in [5.74, 6) is 2.32. The molecule has 0 saturated carbocycles. The largest absolute Gasteiger partial charge is 0.497 e. The van der Waals surface area contributed by atoms with Crippen molar-refractivity contribution in [1.82, 2.24) is 34.6 Å². The number of H-pyrrole nitrogens is 2. The zero-order chi connectivity index (χ0) is 29.2. The molecule has 2 N–H and O–H groups in total. The minimum atomic E-state index is -0.355. The number of likely N-dealkylation sites (N-methyl/N-ethyl adjacent to an activating group) is 1. The van der Waals surface area contributed by atoms with Gasteiger partial charge < -0.3 is 24.5 Å². The molecule has 2 amide bonds. The molecule has 2 aromatic carbocycles. The van der Waals surface area contributed by atoms with Crippen LogP contribution in [0, 0.1) is 0 Å². The van der Waals surface area contributed by atoms with Gasteiger partial charge in [0.15, 0.2) is 0 Å². The van der Waals surface area contributed by atoms with E-state index < -0.39 is 0 Å². The van der Waals surface area contributed by atoms with Gasteiger partial charge in [-0.2, -0.15) is 0 Å². The molecule has 0 bridgehead atoms. The van der Waals surface area contributed by atoms with Gasteiger partial charge >= 0.3 is 0 Å². The van der Waals surface area contributed by atoms with Gasteiger partial charge in [0.05, 0.1) is 43.0 Å². The lowest BCUT2D eigenvalue weighted by molar-refractivity contribution is -0.137. The molecule has 42 heavy (non-hydrogen) atoms. The SMILES string of the molecule is COc1ccc(C(=O)N2CCC[C@H]2c2ncc(-c3cnc([C@@H]4CCCN4C(=O)[C@@H](c4ccccc4)N(C)C)[nH]3)[nH]2)cc1. The van der Waals surface area contributed by atoms with E-state index in [0.717, 1.165) is 60.0 Å². The molecule has 0 radical (unpaired) electrons. The number of imidazole rings is 2. The predicted octanol–water partition coefficient (Wildman–Crippen LogP) is 4.75. The number of likely N-dealkylation sites (tertiary alicyclic amines) is 2. The van der Waals surface area contributed by atoms with E-state index in [9.17, 15) is 9.59 Å². The van der Waals surface area contributed by atoms with E-state index in [4.69, 9.17) is 9.72 Å². The molecular formula is C32H37N7O3. The van der Waals surface area contributed by atoms with Gasteiger partial charge in [0, 0.05) is 18.7 Å². The summed E-state index contributed by atoms with van der Waals surface area (Å²) >= 11 is 0. The molecular weight excluding hydrogens is 530 g/mol. The van der Waals surface area contributed by atoms with Gasteiger partial charge in [-0.25, -0.2) is 9.97 Å². The monoisotopic (exact) mass is 567 g/mol. The van der Waals surface area contributed by atoms with Crippen molar-refractivity contribution < 1.29 is 14.3 Å². The van der Waals surface area contributed by atoms with Crippen LogP contribution in [-0.4, -0.2) is 80.7 Å². The average Bonchev–Trinajstić information content (AvgIpc) is 3.83. The molecule has 0 spiro atoms. The first-order valence-electron chi connectivity index (χ1n) is 14.5. The second-order valence-corrected chi connectivity index (χ2v) is 11.2. The van der Waals surface area contributed by atoms with Crippen molar-refractivity contribution >= 4 is 11.8 Å². The third-order valence-electron chi connectivity index (χ3n) is 8.36. The highest BCUT2D eigenvalue weighted by atomic mass is 16.5. The second kappa shape index (κ2) is 11.8. The maximum atomic E-state index is 13.8. The number of carbonyl (C=O) groups excluding carboxylic acids is 2. The molecule has 3 atom stereocenters. The van der Waals surface area contributed by atoms with Gasteiger partial charge in [0.25, 0.3) is 5.91 Å². The lowest BCUT2D eigenvalue weighted by Gasteiger charge is -2.31. The average molecular weight is 568 g/mol. The molecule has 10 nitrogen and oxygen atoms in total. The van der Waals surface area contributed by atoms with Crippen molar-refractivity contribution in [3.8, 4) is 17.1 Å². The molecule has 6 rings (SSSR count). The van der Waals surface area contributed by atoms with Gasteiger partial charge in [0.1, 0.15) is 23.4 Å². The Morgan fingerprint density at radius 2 is 1.43 bits per heavy atom. The van der Waals surface area contributed by atoms with Crippen LogP contribution in [0.3, 0.4) is 0 Å². The Labute approximate surface area is 245 Å². The van der Waals surface area contributed by atoms with Crippen molar-refractivity contribution in [2.24, 2.45) is 0 Å². The number of aromatic nitrogens is 4.